The van der Waals surface area contributed by atoms with Crippen LogP contribution < -0.4 is 0 Å². The van der Waals surface area contributed by atoms with Crippen LogP contribution in [0, 0.1) is 17.6 Å². The van der Waals surface area contributed by atoms with Crippen LogP contribution in [-0.4, -0.2) is 49.3 Å². The fourth-order valence-corrected chi connectivity index (χ4v) is 2.51. The van der Waals surface area contributed by atoms with Crippen molar-refractivity contribution in [1.29, 1.82) is 0 Å². The SMILES string of the molecule is COCC(O)CN(C)C(=O)C1CC1c1ccc(F)c(F)c1. The molecule has 0 saturated heterocycles. The summed E-state index contributed by atoms with van der Waals surface area (Å²) in [6, 6.07) is 3.74. The van der Waals surface area contributed by atoms with E-state index in [0.717, 1.165) is 12.1 Å². The van der Waals surface area contributed by atoms with Gasteiger partial charge in [0.25, 0.3) is 0 Å². The summed E-state index contributed by atoms with van der Waals surface area (Å²) in [5.74, 6) is -2.18. The summed E-state index contributed by atoms with van der Waals surface area (Å²) in [6.07, 6.45) is -0.112. The van der Waals surface area contributed by atoms with Crippen molar-refractivity contribution in [2.45, 2.75) is 18.4 Å². The highest BCUT2D eigenvalue weighted by atomic mass is 19.2. The molecule has 21 heavy (non-hydrogen) atoms. The Kier molecular flexibility index (Phi) is 4.90. The first-order valence-corrected chi connectivity index (χ1v) is 6.81. The van der Waals surface area contributed by atoms with Crippen molar-refractivity contribution in [3.05, 3.63) is 35.4 Å². The van der Waals surface area contributed by atoms with Gasteiger partial charge in [-0.2, -0.15) is 0 Å². The normalized spacial score (nSPS) is 22.0. The molecule has 3 unspecified atom stereocenters. The Labute approximate surface area is 122 Å². The van der Waals surface area contributed by atoms with Gasteiger partial charge in [0, 0.05) is 26.6 Å². The Morgan fingerprint density at radius 2 is 2.19 bits per heavy atom. The molecule has 1 saturated carbocycles. The van der Waals surface area contributed by atoms with Crippen molar-refractivity contribution < 1.29 is 23.4 Å². The van der Waals surface area contributed by atoms with E-state index in [1.54, 1.807) is 7.05 Å². The molecule has 1 aliphatic carbocycles. The monoisotopic (exact) mass is 299 g/mol. The van der Waals surface area contributed by atoms with E-state index in [4.69, 9.17) is 4.74 Å². The first kappa shape index (κ1) is 15.9. The molecule has 3 atom stereocenters. The molecule has 1 fully saturated rings. The van der Waals surface area contributed by atoms with Crippen LogP contribution in [0.25, 0.3) is 0 Å². The van der Waals surface area contributed by atoms with Gasteiger partial charge >= 0.3 is 0 Å². The minimum absolute atomic E-state index is 0.0744. The smallest absolute Gasteiger partial charge is 0.226 e. The van der Waals surface area contributed by atoms with Crippen LogP contribution in [0.1, 0.15) is 17.9 Å². The fourth-order valence-electron chi connectivity index (χ4n) is 2.51. The Morgan fingerprint density at radius 3 is 2.81 bits per heavy atom. The summed E-state index contributed by atoms with van der Waals surface area (Å²) in [6.45, 7) is 0.350. The molecule has 0 aliphatic heterocycles. The zero-order valence-corrected chi connectivity index (χ0v) is 12.1. The quantitative estimate of drug-likeness (QED) is 0.867. The van der Waals surface area contributed by atoms with Crippen LogP contribution in [0.2, 0.25) is 0 Å². The zero-order valence-electron chi connectivity index (χ0n) is 12.1. The Hall–Kier alpha value is -1.53. The molecule has 4 nitrogen and oxygen atoms in total. The van der Waals surface area contributed by atoms with E-state index in [9.17, 15) is 18.7 Å². The summed E-state index contributed by atoms with van der Waals surface area (Å²) in [7, 11) is 3.09. The minimum atomic E-state index is -0.894. The van der Waals surface area contributed by atoms with Gasteiger partial charge in [0.2, 0.25) is 5.91 Å². The van der Waals surface area contributed by atoms with Gasteiger partial charge in [0.1, 0.15) is 0 Å². The lowest BCUT2D eigenvalue weighted by Crippen LogP contribution is -2.37. The van der Waals surface area contributed by atoms with Gasteiger partial charge in [-0.3, -0.25) is 4.79 Å². The molecule has 0 aromatic heterocycles. The number of nitrogens with zero attached hydrogens (tertiary/aromatic N) is 1. The second-order valence-electron chi connectivity index (χ2n) is 5.45. The maximum Gasteiger partial charge on any atom is 0.226 e. The number of ether oxygens (including phenoxy) is 1. The predicted molar refractivity (Wildman–Crippen MR) is 72.7 cm³/mol. The van der Waals surface area contributed by atoms with E-state index < -0.39 is 17.7 Å². The Morgan fingerprint density at radius 1 is 1.48 bits per heavy atom. The average molecular weight is 299 g/mol. The summed E-state index contributed by atoms with van der Waals surface area (Å²) in [5.41, 5.74) is 0.637. The largest absolute Gasteiger partial charge is 0.389 e. The summed E-state index contributed by atoms with van der Waals surface area (Å²) in [5, 5.41) is 9.61. The van der Waals surface area contributed by atoms with Crippen molar-refractivity contribution >= 4 is 5.91 Å². The summed E-state index contributed by atoms with van der Waals surface area (Å²) in [4.78, 5) is 13.6. The van der Waals surface area contributed by atoms with Crippen LogP contribution >= 0.6 is 0 Å². The lowest BCUT2D eigenvalue weighted by Gasteiger charge is -2.20. The van der Waals surface area contributed by atoms with Crippen molar-refractivity contribution in [1.82, 2.24) is 4.90 Å². The number of hydrogen-bond acceptors (Lipinski definition) is 3. The van der Waals surface area contributed by atoms with Crippen molar-refractivity contribution in [3.63, 3.8) is 0 Å². The number of aliphatic hydroxyl groups excluding tert-OH is 1. The number of amides is 1. The molecule has 1 aliphatic rings. The highest BCUT2D eigenvalue weighted by Gasteiger charge is 2.45. The number of carbonyl (C=O) groups is 1. The first-order chi connectivity index (χ1) is 9.93. The second kappa shape index (κ2) is 6.49. The van der Waals surface area contributed by atoms with Gasteiger partial charge in [0.05, 0.1) is 12.7 Å². The van der Waals surface area contributed by atoms with E-state index in [1.807, 2.05) is 0 Å². The third-order valence-corrected chi connectivity index (χ3v) is 3.70. The molecule has 1 N–H and O–H groups in total. The zero-order chi connectivity index (χ0) is 15.6. The van der Waals surface area contributed by atoms with Crippen LogP contribution in [-0.2, 0) is 9.53 Å². The van der Waals surface area contributed by atoms with Crippen molar-refractivity contribution in [2.75, 3.05) is 27.3 Å². The molecule has 2 rings (SSSR count). The molecule has 0 spiro atoms. The Balaban J connectivity index is 1.92. The molecule has 116 valence electrons. The van der Waals surface area contributed by atoms with Crippen LogP contribution in [0.15, 0.2) is 18.2 Å². The summed E-state index contributed by atoms with van der Waals surface area (Å²) >= 11 is 0. The van der Waals surface area contributed by atoms with E-state index in [0.29, 0.717) is 12.0 Å². The van der Waals surface area contributed by atoms with E-state index >= 15 is 0 Å². The Bertz CT molecular complexity index is 524. The van der Waals surface area contributed by atoms with Crippen LogP contribution in [0.4, 0.5) is 8.78 Å². The number of likely N-dealkylation sites (N-methyl/N-ethyl adjacent to an activating group) is 1. The van der Waals surface area contributed by atoms with Gasteiger partial charge in [0.15, 0.2) is 11.6 Å². The van der Waals surface area contributed by atoms with Gasteiger partial charge in [-0.05, 0) is 30.0 Å². The number of carbonyl (C=O) groups excluding carboxylic acids is 1. The molecule has 1 amide bonds. The second-order valence-corrected chi connectivity index (χ2v) is 5.45. The van der Waals surface area contributed by atoms with E-state index in [2.05, 4.69) is 0 Å². The van der Waals surface area contributed by atoms with Crippen LogP contribution in [0.3, 0.4) is 0 Å². The molecule has 0 radical (unpaired) electrons. The topological polar surface area (TPSA) is 49.8 Å². The molecule has 0 bridgehead atoms. The number of aliphatic hydroxyl groups is 1. The molecule has 1 aromatic carbocycles. The third-order valence-electron chi connectivity index (χ3n) is 3.70. The molecular formula is C15H19F2NO3. The molecule has 0 heterocycles. The lowest BCUT2D eigenvalue weighted by atomic mass is 10.1. The van der Waals surface area contributed by atoms with Gasteiger partial charge in [-0.25, -0.2) is 8.78 Å². The van der Waals surface area contributed by atoms with Crippen LogP contribution in [0.5, 0.6) is 0 Å². The van der Waals surface area contributed by atoms with Crippen molar-refractivity contribution in [3.8, 4) is 0 Å². The standard InChI is InChI=1S/C15H19F2NO3/c1-18(7-10(19)8-21-2)15(20)12-6-11(12)9-3-4-13(16)14(17)5-9/h3-5,10-12,19H,6-8H2,1-2H3. The summed E-state index contributed by atoms with van der Waals surface area (Å²) < 4.78 is 30.9. The minimum Gasteiger partial charge on any atom is -0.389 e. The molecule has 1 aromatic rings. The number of hydrogen-bond donors (Lipinski definition) is 1. The number of benzene rings is 1. The number of halogens is 2. The van der Waals surface area contributed by atoms with Gasteiger partial charge in [-0.1, -0.05) is 6.07 Å². The lowest BCUT2D eigenvalue weighted by molar-refractivity contribution is -0.133. The number of methoxy groups -OCH3 is 1. The maximum atomic E-state index is 13.2. The average Bonchev–Trinajstić information content (AvgIpc) is 3.21. The van der Waals surface area contributed by atoms with E-state index in [1.165, 1.54) is 18.1 Å². The van der Waals surface area contributed by atoms with Crippen molar-refractivity contribution in [2.24, 2.45) is 5.92 Å². The highest BCUT2D eigenvalue weighted by molar-refractivity contribution is 5.82. The molecule has 6 heteroatoms. The maximum absolute atomic E-state index is 13.2. The molecular weight excluding hydrogens is 280 g/mol. The third kappa shape index (κ3) is 3.77. The fraction of sp³-hybridized carbons (Fsp3) is 0.533. The highest BCUT2D eigenvalue weighted by Crippen LogP contribution is 2.48. The van der Waals surface area contributed by atoms with E-state index in [-0.39, 0.29) is 30.9 Å². The first-order valence-electron chi connectivity index (χ1n) is 6.81. The van der Waals surface area contributed by atoms with Gasteiger partial charge in [-0.15, -0.1) is 0 Å². The van der Waals surface area contributed by atoms with Gasteiger partial charge < -0.3 is 14.7 Å². The number of rotatable bonds is 6. The predicted octanol–water partition coefficient (Wildman–Crippen LogP) is 1.53.